The van der Waals surface area contributed by atoms with Gasteiger partial charge in [-0.1, -0.05) is 30.3 Å². The molecule has 0 aromatic heterocycles. The van der Waals surface area contributed by atoms with Gasteiger partial charge in [0.15, 0.2) is 0 Å². The molecule has 2 aromatic rings. The molecule has 0 spiro atoms. The molecule has 0 fully saturated rings. The third-order valence-corrected chi connectivity index (χ3v) is 2.38. The molecule has 0 unspecified atom stereocenters. The van der Waals surface area contributed by atoms with Crippen molar-refractivity contribution in [1.82, 2.24) is 0 Å². The van der Waals surface area contributed by atoms with Crippen LogP contribution in [-0.4, -0.2) is 6.29 Å². The van der Waals surface area contributed by atoms with E-state index in [0.717, 1.165) is 17.4 Å². The third kappa shape index (κ3) is 1.93. The van der Waals surface area contributed by atoms with Crippen LogP contribution in [0.1, 0.15) is 10.4 Å². The second kappa shape index (κ2) is 4.14. The summed E-state index contributed by atoms with van der Waals surface area (Å²) in [6.07, 6.45) is 0.781. The van der Waals surface area contributed by atoms with E-state index in [2.05, 4.69) is 0 Å². The second-order valence-corrected chi connectivity index (χ2v) is 3.48. The van der Waals surface area contributed by atoms with Crippen molar-refractivity contribution >= 4 is 12.0 Å². The predicted molar refractivity (Wildman–Crippen MR) is 61.6 cm³/mol. The van der Waals surface area contributed by atoms with Crippen molar-refractivity contribution in [3.63, 3.8) is 0 Å². The lowest BCUT2D eigenvalue weighted by atomic mass is 10.0. The van der Waals surface area contributed by atoms with E-state index in [1.54, 1.807) is 36.4 Å². The topological polar surface area (TPSA) is 43.1 Å². The van der Waals surface area contributed by atoms with Crippen LogP contribution in [0.25, 0.3) is 11.1 Å². The Hall–Kier alpha value is -2.16. The molecular weight excluding hydrogens is 205 g/mol. The largest absolute Gasteiger partial charge is 0.396 e. The van der Waals surface area contributed by atoms with Crippen LogP contribution in [0.2, 0.25) is 0 Å². The van der Waals surface area contributed by atoms with Gasteiger partial charge in [-0.2, -0.15) is 0 Å². The highest BCUT2D eigenvalue weighted by atomic mass is 19.1. The summed E-state index contributed by atoms with van der Waals surface area (Å²) in [4.78, 5) is 10.5. The molecule has 0 aliphatic carbocycles. The van der Waals surface area contributed by atoms with Gasteiger partial charge < -0.3 is 5.73 Å². The highest BCUT2D eigenvalue weighted by Gasteiger charge is 2.02. The Bertz CT molecular complexity index is 520. The lowest BCUT2D eigenvalue weighted by Crippen LogP contribution is -1.90. The van der Waals surface area contributed by atoms with E-state index in [0.29, 0.717) is 5.56 Å². The fourth-order valence-corrected chi connectivity index (χ4v) is 1.48. The van der Waals surface area contributed by atoms with E-state index < -0.39 is 5.82 Å². The molecule has 16 heavy (non-hydrogen) atoms. The van der Waals surface area contributed by atoms with E-state index in [1.807, 2.05) is 0 Å². The molecule has 2 rings (SSSR count). The second-order valence-electron chi connectivity index (χ2n) is 3.48. The Labute approximate surface area is 92.5 Å². The fourth-order valence-electron chi connectivity index (χ4n) is 1.48. The molecule has 80 valence electrons. The lowest BCUT2D eigenvalue weighted by molar-refractivity contribution is 0.112. The first kappa shape index (κ1) is 10.4. The lowest BCUT2D eigenvalue weighted by Gasteiger charge is -2.03. The van der Waals surface area contributed by atoms with Gasteiger partial charge in [-0.05, 0) is 23.3 Å². The zero-order chi connectivity index (χ0) is 11.5. The molecular formula is C13H10FNO. The van der Waals surface area contributed by atoms with Crippen LogP contribution in [-0.2, 0) is 0 Å². The number of carbonyl (C=O) groups is 1. The number of rotatable bonds is 2. The molecule has 0 heterocycles. The highest BCUT2D eigenvalue weighted by Crippen LogP contribution is 2.23. The molecule has 0 radical (unpaired) electrons. The van der Waals surface area contributed by atoms with Crippen molar-refractivity contribution in [3.8, 4) is 11.1 Å². The quantitative estimate of drug-likeness (QED) is 0.618. The number of nitrogens with two attached hydrogens (primary N) is 1. The number of hydrogen-bond donors (Lipinski definition) is 1. The van der Waals surface area contributed by atoms with Gasteiger partial charge in [0.2, 0.25) is 0 Å². The molecule has 0 saturated heterocycles. The third-order valence-electron chi connectivity index (χ3n) is 2.38. The first-order chi connectivity index (χ1) is 7.70. The molecule has 0 saturated carbocycles. The van der Waals surface area contributed by atoms with Crippen LogP contribution in [0.15, 0.2) is 42.5 Å². The molecule has 0 aliphatic heterocycles. The van der Waals surface area contributed by atoms with Crippen molar-refractivity contribution in [2.24, 2.45) is 0 Å². The normalized spacial score (nSPS) is 10.1. The number of carbonyl (C=O) groups excluding carboxylic acids is 1. The highest BCUT2D eigenvalue weighted by molar-refractivity contribution is 5.77. The molecule has 2 aromatic carbocycles. The van der Waals surface area contributed by atoms with Gasteiger partial charge in [0.1, 0.15) is 12.1 Å². The Morgan fingerprint density at radius 1 is 1.00 bits per heavy atom. The summed E-state index contributed by atoms with van der Waals surface area (Å²) in [5, 5.41) is 0. The maximum Gasteiger partial charge on any atom is 0.150 e. The van der Waals surface area contributed by atoms with Gasteiger partial charge in [0, 0.05) is 5.56 Å². The Balaban J connectivity index is 2.42. The summed E-state index contributed by atoms with van der Waals surface area (Å²) in [6.45, 7) is 0. The van der Waals surface area contributed by atoms with E-state index in [-0.39, 0.29) is 5.69 Å². The monoisotopic (exact) mass is 215 g/mol. The minimum absolute atomic E-state index is 0.122. The summed E-state index contributed by atoms with van der Waals surface area (Å²) in [6, 6.07) is 11.6. The van der Waals surface area contributed by atoms with E-state index in [9.17, 15) is 9.18 Å². The molecule has 3 heteroatoms. The summed E-state index contributed by atoms with van der Waals surface area (Å²) >= 11 is 0. The number of nitrogen functional groups attached to an aromatic ring is 1. The first-order valence-corrected chi connectivity index (χ1v) is 4.81. The van der Waals surface area contributed by atoms with Crippen molar-refractivity contribution in [2.75, 3.05) is 5.73 Å². The molecule has 0 amide bonds. The summed E-state index contributed by atoms with van der Waals surface area (Å²) in [5.74, 6) is -0.423. The van der Waals surface area contributed by atoms with Gasteiger partial charge >= 0.3 is 0 Å². The van der Waals surface area contributed by atoms with Crippen LogP contribution in [0.3, 0.4) is 0 Å². The molecule has 2 N–H and O–H groups in total. The van der Waals surface area contributed by atoms with Gasteiger partial charge in [-0.15, -0.1) is 0 Å². The average Bonchev–Trinajstić information content (AvgIpc) is 2.33. The molecule has 2 nitrogen and oxygen atoms in total. The molecule has 0 bridgehead atoms. The van der Waals surface area contributed by atoms with E-state index >= 15 is 0 Å². The van der Waals surface area contributed by atoms with E-state index in [4.69, 9.17) is 5.73 Å². The summed E-state index contributed by atoms with van der Waals surface area (Å²) in [7, 11) is 0. The number of anilines is 1. The van der Waals surface area contributed by atoms with Crippen LogP contribution in [0.4, 0.5) is 10.1 Å². The number of benzene rings is 2. The summed E-state index contributed by atoms with van der Waals surface area (Å²) in [5.41, 5.74) is 7.95. The molecule has 0 aliphatic rings. The van der Waals surface area contributed by atoms with Crippen molar-refractivity contribution in [1.29, 1.82) is 0 Å². The van der Waals surface area contributed by atoms with Crippen molar-refractivity contribution < 1.29 is 9.18 Å². The van der Waals surface area contributed by atoms with Crippen molar-refractivity contribution in [3.05, 3.63) is 53.8 Å². The van der Waals surface area contributed by atoms with Gasteiger partial charge in [-0.25, -0.2) is 4.39 Å². The van der Waals surface area contributed by atoms with Crippen LogP contribution >= 0.6 is 0 Å². The zero-order valence-electron chi connectivity index (χ0n) is 8.48. The average molecular weight is 215 g/mol. The maximum atomic E-state index is 13.0. The Morgan fingerprint density at radius 3 is 2.19 bits per heavy atom. The minimum atomic E-state index is -0.423. The fraction of sp³-hybridized carbons (Fsp3) is 0. The van der Waals surface area contributed by atoms with Crippen LogP contribution < -0.4 is 5.73 Å². The molecule has 0 atom stereocenters. The first-order valence-electron chi connectivity index (χ1n) is 4.81. The predicted octanol–water partition coefficient (Wildman–Crippen LogP) is 2.89. The summed E-state index contributed by atoms with van der Waals surface area (Å²) < 4.78 is 13.0. The maximum absolute atomic E-state index is 13.0. The zero-order valence-corrected chi connectivity index (χ0v) is 8.48. The van der Waals surface area contributed by atoms with Gasteiger partial charge in [0.05, 0.1) is 5.69 Å². The number of aldehydes is 1. The Morgan fingerprint density at radius 2 is 1.62 bits per heavy atom. The van der Waals surface area contributed by atoms with Crippen LogP contribution in [0, 0.1) is 5.82 Å². The number of halogens is 1. The van der Waals surface area contributed by atoms with E-state index in [1.165, 1.54) is 6.07 Å². The Kier molecular flexibility index (Phi) is 2.68. The number of hydrogen-bond acceptors (Lipinski definition) is 2. The van der Waals surface area contributed by atoms with Crippen molar-refractivity contribution in [2.45, 2.75) is 0 Å². The standard InChI is InChI=1S/C13H10FNO/c14-12-6-5-11(7-13(12)15)10-3-1-9(8-16)2-4-10/h1-8H,15H2. The van der Waals surface area contributed by atoms with Crippen LogP contribution in [0.5, 0.6) is 0 Å². The smallest absolute Gasteiger partial charge is 0.150 e. The minimum Gasteiger partial charge on any atom is -0.396 e. The van der Waals surface area contributed by atoms with Gasteiger partial charge in [0.25, 0.3) is 0 Å². The van der Waals surface area contributed by atoms with Gasteiger partial charge in [-0.3, -0.25) is 4.79 Å². The SMILES string of the molecule is Nc1cc(-c2ccc(C=O)cc2)ccc1F.